The molecule has 1 amide bonds. The summed E-state index contributed by atoms with van der Waals surface area (Å²) in [6.45, 7) is 1.96. The maximum atomic E-state index is 13.3. The lowest BCUT2D eigenvalue weighted by Gasteiger charge is -2.27. The maximum Gasteiger partial charge on any atom is 0.278 e. The van der Waals surface area contributed by atoms with E-state index >= 15 is 0 Å². The lowest BCUT2D eigenvalue weighted by atomic mass is 10.1. The molecule has 0 spiro atoms. The Labute approximate surface area is 167 Å². The van der Waals surface area contributed by atoms with Gasteiger partial charge in [0.15, 0.2) is 9.84 Å². The first-order valence-corrected chi connectivity index (χ1v) is 11.3. The van der Waals surface area contributed by atoms with Gasteiger partial charge >= 0.3 is 0 Å². The van der Waals surface area contributed by atoms with Crippen LogP contribution in [0.25, 0.3) is 10.6 Å². The highest BCUT2D eigenvalue weighted by Crippen LogP contribution is 2.28. The topological polar surface area (TPSA) is 67.3 Å². The number of amides is 1. The van der Waals surface area contributed by atoms with Crippen LogP contribution >= 0.6 is 11.3 Å². The molecule has 2 aromatic carbocycles. The van der Waals surface area contributed by atoms with Gasteiger partial charge in [-0.15, -0.1) is 11.3 Å². The van der Waals surface area contributed by atoms with Crippen LogP contribution in [0.1, 0.15) is 16.1 Å². The van der Waals surface area contributed by atoms with E-state index in [1.54, 1.807) is 11.5 Å². The number of carbonyl (C=O) groups is 1. The Kier molecular flexibility index (Phi) is 4.87. The number of hydrogen-bond acceptors (Lipinski definition) is 5. The van der Waals surface area contributed by atoms with E-state index in [1.807, 2.05) is 61.5 Å². The van der Waals surface area contributed by atoms with Crippen molar-refractivity contribution >= 4 is 32.8 Å². The Balaban J connectivity index is 1.70. The van der Waals surface area contributed by atoms with E-state index in [0.29, 0.717) is 11.4 Å². The second kappa shape index (κ2) is 7.33. The van der Waals surface area contributed by atoms with E-state index in [0.717, 1.165) is 16.1 Å². The number of hydrogen-bond donors (Lipinski definition) is 0. The first-order valence-electron chi connectivity index (χ1n) is 8.75. The van der Waals surface area contributed by atoms with Gasteiger partial charge in [-0.1, -0.05) is 48.0 Å². The maximum absolute atomic E-state index is 13.3. The van der Waals surface area contributed by atoms with Crippen molar-refractivity contribution < 1.29 is 13.2 Å². The second-order valence-electron chi connectivity index (χ2n) is 6.64. The minimum atomic E-state index is -3.30. The van der Waals surface area contributed by atoms with Crippen molar-refractivity contribution in [2.24, 2.45) is 0 Å². The summed E-state index contributed by atoms with van der Waals surface area (Å²) in [7, 11) is -3.30. The molecular weight excluding hydrogens is 392 g/mol. The first kappa shape index (κ1) is 18.6. The molecule has 142 valence electrons. The summed E-state index contributed by atoms with van der Waals surface area (Å²) >= 11 is 1.39. The normalized spacial score (nSPS) is 17.5. The molecule has 7 heteroatoms. The van der Waals surface area contributed by atoms with Gasteiger partial charge in [0.05, 0.1) is 11.8 Å². The summed E-state index contributed by atoms with van der Waals surface area (Å²) in [5.41, 5.74) is 2.96. The summed E-state index contributed by atoms with van der Waals surface area (Å²) < 4.78 is 23.9. The van der Waals surface area contributed by atoms with Crippen LogP contribution in [0.3, 0.4) is 0 Å². The molecule has 2 heterocycles. The summed E-state index contributed by atoms with van der Waals surface area (Å²) in [6, 6.07) is 16.6. The summed E-state index contributed by atoms with van der Waals surface area (Å²) in [5.74, 6) is -0.434. The van der Waals surface area contributed by atoms with Crippen LogP contribution in [0.4, 0.5) is 5.69 Å². The average molecular weight is 411 g/mol. The zero-order valence-electron chi connectivity index (χ0n) is 15.1. The number of carbonyl (C=O) groups excluding carboxylic acids is 1. The minimum Gasteiger partial charge on any atom is -0.299 e. The molecule has 1 aliphatic heterocycles. The van der Waals surface area contributed by atoms with Crippen molar-refractivity contribution in [1.82, 2.24) is 4.98 Å². The van der Waals surface area contributed by atoms with E-state index in [-0.39, 0.29) is 11.7 Å². The molecule has 0 fully saturated rings. The molecule has 1 aromatic heterocycles. The monoisotopic (exact) mass is 410 g/mol. The highest BCUT2D eigenvalue weighted by molar-refractivity contribution is 7.94. The van der Waals surface area contributed by atoms with E-state index < -0.39 is 15.9 Å². The highest BCUT2D eigenvalue weighted by Gasteiger charge is 2.33. The standard InChI is InChI=1S/C21H18N2O3S2/c1-15-7-9-17(10-8-15)23(18-11-12-28(25,26)14-18)21(24)19-13-27-20(22-19)16-5-3-2-4-6-16/h2-13,18H,14H2,1H3/t18-/m0/s1. The van der Waals surface area contributed by atoms with E-state index in [1.165, 1.54) is 21.6 Å². The molecule has 3 aromatic rings. The highest BCUT2D eigenvalue weighted by atomic mass is 32.2. The van der Waals surface area contributed by atoms with Crippen LogP contribution in [0.5, 0.6) is 0 Å². The third-order valence-electron chi connectivity index (χ3n) is 4.52. The fourth-order valence-corrected chi connectivity index (χ4v) is 5.16. The minimum absolute atomic E-state index is 0.123. The Morgan fingerprint density at radius 3 is 2.46 bits per heavy atom. The van der Waals surface area contributed by atoms with E-state index in [2.05, 4.69) is 4.98 Å². The Bertz CT molecular complexity index is 1130. The lowest BCUT2D eigenvalue weighted by Crippen LogP contribution is -2.41. The molecule has 5 nitrogen and oxygen atoms in total. The zero-order chi connectivity index (χ0) is 19.7. The van der Waals surface area contributed by atoms with Crippen molar-refractivity contribution in [3.05, 3.63) is 82.7 Å². The third kappa shape index (κ3) is 3.76. The number of thiazole rings is 1. The number of rotatable bonds is 4. The molecule has 0 unspecified atom stereocenters. The Hall–Kier alpha value is -2.77. The fourth-order valence-electron chi connectivity index (χ4n) is 3.09. The molecule has 0 saturated carbocycles. The van der Waals surface area contributed by atoms with E-state index in [9.17, 15) is 13.2 Å². The average Bonchev–Trinajstić information content (AvgIpc) is 3.31. The van der Waals surface area contributed by atoms with Gasteiger partial charge in [-0.2, -0.15) is 0 Å². The van der Waals surface area contributed by atoms with Gasteiger partial charge in [0.25, 0.3) is 5.91 Å². The lowest BCUT2D eigenvalue weighted by molar-refractivity contribution is 0.0979. The van der Waals surface area contributed by atoms with Gasteiger partial charge in [0.1, 0.15) is 10.7 Å². The number of aromatic nitrogens is 1. The zero-order valence-corrected chi connectivity index (χ0v) is 16.8. The molecule has 0 saturated heterocycles. The van der Waals surface area contributed by atoms with Crippen LogP contribution in [0.2, 0.25) is 0 Å². The largest absolute Gasteiger partial charge is 0.299 e. The van der Waals surface area contributed by atoms with Crippen molar-refractivity contribution in [2.45, 2.75) is 13.0 Å². The smallest absolute Gasteiger partial charge is 0.278 e. The van der Waals surface area contributed by atoms with Crippen molar-refractivity contribution in [1.29, 1.82) is 0 Å². The van der Waals surface area contributed by atoms with Crippen LogP contribution in [0.15, 0.2) is 71.5 Å². The van der Waals surface area contributed by atoms with E-state index in [4.69, 9.17) is 0 Å². The molecular formula is C21H18N2O3S2. The van der Waals surface area contributed by atoms with Gasteiger partial charge in [-0.3, -0.25) is 9.69 Å². The third-order valence-corrected chi connectivity index (χ3v) is 6.79. The van der Waals surface area contributed by atoms with Crippen molar-refractivity contribution in [3.63, 3.8) is 0 Å². The van der Waals surface area contributed by atoms with Gasteiger partial charge in [-0.05, 0) is 25.1 Å². The number of anilines is 1. The van der Waals surface area contributed by atoms with Gasteiger partial charge in [0.2, 0.25) is 0 Å². The molecule has 0 radical (unpaired) electrons. The molecule has 4 rings (SSSR count). The molecule has 28 heavy (non-hydrogen) atoms. The van der Waals surface area contributed by atoms with Crippen molar-refractivity contribution in [3.8, 4) is 10.6 Å². The number of aryl methyl sites for hydroxylation is 1. The van der Waals surface area contributed by atoms with Gasteiger partial charge < -0.3 is 0 Å². The molecule has 1 aliphatic rings. The predicted molar refractivity (Wildman–Crippen MR) is 112 cm³/mol. The van der Waals surface area contributed by atoms with Gasteiger partial charge in [-0.25, -0.2) is 13.4 Å². The number of benzene rings is 2. The molecule has 0 N–H and O–H groups in total. The summed E-state index contributed by atoms with van der Waals surface area (Å²) in [4.78, 5) is 19.3. The Morgan fingerprint density at radius 1 is 1.11 bits per heavy atom. The predicted octanol–water partition coefficient (Wildman–Crippen LogP) is 4.08. The molecule has 0 aliphatic carbocycles. The Morgan fingerprint density at radius 2 is 1.82 bits per heavy atom. The quantitative estimate of drug-likeness (QED) is 0.650. The first-order chi connectivity index (χ1) is 13.4. The van der Waals surface area contributed by atoms with Crippen LogP contribution in [0, 0.1) is 6.92 Å². The molecule has 1 atom stereocenters. The molecule has 0 bridgehead atoms. The number of sulfone groups is 1. The van der Waals surface area contributed by atoms with Crippen LogP contribution in [-0.4, -0.2) is 31.1 Å². The second-order valence-corrected chi connectivity index (χ2v) is 9.43. The van der Waals surface area contributed by atoms with Gasteiger partial charge in [0, 0.05) is 22.0 Å². The SMILES string of the molecule is Cc1ccc(N(C(=O)c2csc(-c3ccccc3)n2)[C@H]2C=CS(=O)(=O)C2)cc1. The van der Waals surface area contributed by atoms with Crippen LogP contribution < -0.4 is 4.90 Å². The van der Waals surface area contributed by atoms with Crippen LogP contribution in [-0.2, 0) is 9.84 Å². The summed E-state index contributed by atoms with van der Waals surface area (Å²) in [6.07, 6.45) is 1.57. The number of nitrogens with zero attached hydrogens (tertiary/aromatic N) is 2. The fraction of sp³-hybridized carbons (Fsp3) is 0.143. The summed E-state index contributed by atoms with van der Waals surface area (Å²) in [5, 5.41) is 3.66. The van der Waals surface area contributed by atoms with Crippen molar-refractivity contribution in [2.75, 3.05) is 10.7 Å².